The van der Waals surface area contributed by atoms with E-state index in [2.05, 4.69) is 30.7 Å². The molecule has 2 rings (SSSR count). The first-order chi connectivity index (χ1) is 11.4. The number of aromatic amines is 1. The number of aromatic nitrogens is 2. The number of carbonyl (C=O) groups excluding carboxylic acids is 1. The van der Waals surface area contributed by atoms with Crippen LogP contribution < -0.4 is 10.6 Å². The van der Waals surface area contributed by atoms with Crippen molar-refractivity contribution in [2.24, 2.45) is 4.99 Å². The number of ether oxygens (including phenoxy) is 1. The van der Waals surface area contributed by atoms with Crippen LogP contribution in [0.1, 0.15) is 39.8 Å². The molecule has 0 radical (unpaired) electrons. The van der Waals surface area contributed by atoms with Crippen LogP contribution in [0.2, 0.25) is 0 Å². The van der Waals surface area contributed by atoms with Crippen molar-refractivity contribution in [2.45, 2.75) is 52.3 Å². The number of H-pyrrole nitrogens is 1. The zero-order valence-electron chi connectivity index (χ0n) is 15.3. The van der Waals surface area contributed by atoms with Gasteiger partial charge in [0, 0.05) is 25.8 Å². The van der Waals surface area contributed by atoms with Crippen molar-refractivity contribution in [1.29, 1.82) is 0 Å². The number of hydrogen-bond donors (Lipinski definition) is 3. The Kier molecular flexibility index (Phi) is 8.46. The highest BCUT2D eigenvalue weighted by molar-refractivity contribution is 14.0. The number of nitrogens with one attached hydrogen (secondary N) is 3. The molecule has 25 heavy (non-hydrogen) atoms. The van der Waals surface area contributed by atoms with Gasteiger partial charge in [-0.1, -0.05) is 0 Å². The number of alkyl carbamates (subject to hydrolysis) is 1. The lowest BCUT2D eigenvalue weighted by molar-refractivity contribution is 0.0507. The lowest BCUT2D eigenvalue weighted by Gasteiger charge is -2.23. The van der Waals surface area contributed by atoms with Crippen LogP contribution in [0.15, 0.2) is 17.3 Å². The van der Waals surface area contributed by atoms with Gasteiger partial charge in [0.15, 0.2) is 5.96 Å². The molecule has 1 aliphatic heterocycles. The van der Waals surface area contributed by atoms with Gasteiger partial charge >= 0.3 is 6.09 Å². The minimum Gasteiger partial charge on any atom is -0.444 e. The normalized spacial score (nSPS) is 17.8. The Bertz CT molecular complexity index is 555. The Morgan fingerprint density at radius 1 is 1.52 bits per heavy atom. The number of hydrogen-bond acceptors (Lipinski definition) is 4. The van der Waals surface area contributed by atoms with Gasteiger partial charge in [0.2, 0.25) is 0 Å². The van der Waals surface area contributed by atoms with Crippen LogP contribution in [0, 0.1) is 0 Å². The number of rotatable bonds is 4. The first-order valence-corrected chi connectivity index (χ1v) is 8.38. The Balaban J connectivity index is 0.00000312. The van der Waals surface area contributed by atoms with Crippen molar-refractivity contribution in [2.75, 3.05) is 19.6 Å². The molecule has 3 N–H and O–H groups in total. The van der Waals surface area contributed by atoms with Crippen LogP contribution in [-0.2, 0) is 11.3 Å². The largest absolute Gasteiger partial charge is 0.444 e. The minimum atomic E-state index is -0.483. The smallest absolute Gasteiger partial charge is 0.407 e. The van der Waals surface area contributed by atoms with Gasteiger partial charge in [-0.25, -0.2) is 9.79 Å². The lowest BCUT2D eigenvalue weighted by Crippen LogP contribution is -2.44. The van der Waals surface area contributed by atoms with E-state index in [9.17, 15) is 4.79 Å². The van der Waals surface area contributed by atoms with Crippen molar-refractivity contribution in [3.05, 3.63) is 18.0 Å². The highest BCUT2D eigenvalue weighted by atomic mass is 127. The molecule has 1 fully saturated rings. The van der Waals surface area contributed by atoms with Crippen molar-refractivity contribution in [1.82, 2.24) is 25.7 Å². The van der Waals surface area contributed by atoms with Crippen molar-refractivity contribution in [3.8, 4) is 0 Å². The van der Waals surface area contributed by atoms with Gasteiger partial charge in [0.1, 0.15) is 5.60 Å². The molecular formula is C16H29IN6O2. The number of carbonyl (C=O) groups is 1. The fourth-order valence-electron chi connectivity index (χ4n) is 2.50. The van der Waals surface area contributed by atoms with E-state index in [1.807, 2.05) is 33.8 Å². The van der Waals surface area contributed by atoms with Gasteiger partial charge in [-0.3, -0.25) is 5.10 Å². The van der Waals surface area contributed by atoms with Crippen molar-refractivity contribution in [3.63, 3.8) is 0 Å². The first kappa shape index (κ1) is 21.5. The second-order valence-electron chi connectivity index (χ2n) is 6.83. The van der Waals surface area contributed by atoms with E-state index in [1.54, 1.807) is 6.20 Å². The zero-order chi connectivity index (χ0) is 17.6. The Morgan fingerprint density at radius 3 is 2.88 bits per heavy atom. The number of aliphatic imine (C=N–C) groups is 1. The van der Waals surface area contributed by atoms with E-state index >= 15 is 0 Å². The van der Waals surface area contributed by atoms with E-state index in [0.717, 1.165) is 31.2 Å². The summed E-state index contributed by atoms with van der Waals surface area (Å²) in [6.45, 7) is 10.5. The molecule has 1 aromatic rings. The van der Waals surface area contributed by atoms with Gasteiger partial charge in [0.25, 0.3) is 0 Å². The summed E-state index contributed by atoms with van der Waals surface area (Å²) < 4.78 is 5.31. The Labute approximate surface area is 166 Å². The number of guanidine groups is 1. The zero-order valence-corrected chi connectivity index (χ0v) is 17.7. The van der Waals surface area contributed by atoms with Crippen LogP contribution in [-0.4, -0.2) is 58.4 Å². The van der Waals surface area contributed by atoms with Gasteiger partial charge in [-0.05, 0) is 40.2 Å². The highest BCUT2D eigenvalue weighted by Crippen LogP contribution is 2.12. The van der Waals surface area contributed by atoms with Gasteiger partial charge in [-0.2, -0.15) is 5.10 Å². The van der Waals surface area contributed by atoms with E-state index in [1.165, 1.54) is 0 Å². The van der Waals surface area contributed by atoms with Crippen LogP contribution in [0.25, 0.3) is 0 Å². The summed E-state index contributed by atoms with van der Waals surface area (Å²) in [5, 5.41) is 13.1. The number of nitrogens with zero attached hydrogens (tertiary/aromatic N) is 3. The molecule has 2 heterocycles. The standard InChI is InChI=1S/C16H28N6O2.HI/c1-5-17-14(18-10-12-6-8-19-21-12)22-9-7-13(11-22)20-15(23)24-16(2,3)4;/h6,8,13H,5,7,9-11H2,1-4H3,(H,17,18)(H,19,21)(H,20,23);1H. The summed E-state index contributed by atoms with van der Waals surface area (Å²) in [4.78, 5) is 18.7. The maximum Gasteiger partial charge on any atom is 0.407 e. The topological polar surface area (TPSA) is 94.6 Å². The number of halogens is 1. The highest BCUT2D eigenvalue weighted by Gasteiger charge is 2.27. The fourth-order valence-corrected chi connectivity index (χ4v) is 2.50. The van der Waals surface area contributed by atoms with E-state index in [4.69, 9.17) is 4.74 Å². The monoisotopic (exact) mass is 464 g/mol. The summed E-state index contributed by atoms with van der Waals surface area (Å²) in [6.07, 6.45) is 2.22. The average molecular weight is 464 g/mol. The molecule has 0 aliphatic carbocycles. The molecule has 1 aromatic heterocycles. The summed E-state index contributed by atoms with van der Waals surface area (Å²) >= 11 is 0. The van der Waals surface area contributed by atoms with Crippen LogP contribution in [0.3, 0.4) is 0 Å². The molecule has 1 unspecified atom stereocenters. The SMILES string of the molecule is CCNC(=NCc1ccn[nH]1)N1CCC(NC(=O)OC(C)(C)C)C1.I. The second-order valence-corrected chi connectivity index (χ2v) is 6.83. The summed E-state index contributed by atoms with van der Waals surface area (Å²) in [5.41, 5.74) is 0.482. The average Bonchev–Trinajstić information content (AvgIpc) is 3.12. The fraction of sp³-hybridized carbons (Fsp3) is 0.688. The summed E-state index contributed by atoms with van der Waals surface area (Å²) in [7, 11) is 0. The predicted molar refractivity (Wildman–Crippen MR) is 108 cm³/mol. The molecule has 1 atom stereocenters. The quantitative estimate of drug-likeness (QED) is 0.361. The minimum absolute atomic E-state index is 0. The molecule has 0 aromatic carbocycles. The molecule has 0 bridgehead atoms. The van der Waals surface area contributed by atoms with Crippen LogP contribution in [0.5, 0.6) is 0 Å². The van der Waals surface area contributed by atoms with Gasteiger partial charge in [-0.15, -0.1) is 24.0 Å². The van der Waals surface area contributed by atoms with E-state index in [0.29, 0.717) is 13.1 Å². The molecule has 8 nitrogen and oxygen atoms in total. The molecule has 1 saturated heterocycles. The third-order valence-corrected chi connectivity index (χ3v) is 3.50. The second kappa shape index (κ2) is 9.83. The van der Waals surface area contributed by atoms with Crippen LogP contribution >= 0.6 is 24.0 Å². The van der Waals surface area contributed by atoms with Gasteiger partial charge < -0.3 is 20.3 Å². The third kappa shape index (κ3) is 7.49. The maximum atomic E-state index is 11.9. The van der Waals surface area contributed by atoms with Crippen LogP contribution in [0.4, 0.5) is 4.79 Å². The van der Waals surface area contributed by atoms with Crippen molar-refractivity contribution < 1.29 is 9.53 Å². The number of likely N-dealkylation sites (tertiary alicyclic amines) is 1. The summed E-state index contributed by atoms with van der Waals surface area (Å²) in [6, 6.07) is 1.97. The molecule has 9 heteroatoms. The molecule has 0 saturated carbocycles. The van der Waals surface area contributed by atoms with E-state index in [-0.39, 0.29) is 36.1 Å². The molecule has 1 aliphatic rings. The van der Waals surface area contributed by atoms with Gasteiger partial charge in [0.05, 0.1) is 18.3 Å². The predicted octanol–water partition coefficient (Wildman–Crippen LogP) is 2.09. The molecule has 0 spiro atoms. The lowest BCUT2D eigenvalue weighted by atomic mass is 10.2. The maximum absolute atomic E-state index is 11.9. The first-order valence-electron chi connectivity index (χ1n) is 8.38. The Morgan fingerprint density at radius 2 is 2.28 bits per heavy atom. The summed E-state index contributed by atoms with van der Waals surface area (Å²) in [5.74, 6) is 0.848. The molecule has 1 amide bonds. The molecular weight excluding hydrogens is 435 g/mol. The van der Waals surface area contributed by atoms with Crippen molar-refractivity contribution >= 4 is 36.0 Å². The molecule has 142 valence electrons. The third-order valence-electron chi connectivity index (χ3n) is 3.50. The number of amides is 1. The Hall–Kier alpha value is -1.52. The van der Waals surface area contributed by atoms with E-state index < -0.39 is 5.60 Å².